The van der Waals surface area contributed by atoms with E-state index >= 15 is 0 Å². The largest absolute Gasteiger partial charge is 0.450 e. The zero-order valence-corrected chi connectivity index (χ0v) is 44.5. The van der Waals surface area contributed by atoms with Crippen LogP contribution in [0, 0.1) is 0 Å². The standard InChI is InChI=1S/C68H68O12/c69-58-60(73-43-51-29-13-3-14-30-51)63(76-46-54-35-19-6-20-36-54)64(77-47-55-37-21-7-22-38-55)65(61(58)74-44-52-31-15-4-16-32-52)80-68-66(79-67(70)56-39-23-8-24-40-56)62(75-45-53-33-17-5-18-34-53)59(72-42-50-27-11-2-12-28-50)57(78-68)48-71-41-49-25-9-1-10-26-49/h1-40,57-66,68-69H,41-48H2/t57-,58-,59-,60+,61-,62+,63-,64+,65+,66+,68-/m1/s1. The number of carbonyl (C=O) groups excluding carboxylic acids is 1. The first kappa shape index (κ1) is 56.1. The van der Waals surface area contributed by atoms with Crippen LogP contribution in [0.5, 0.6) is 0 Å². The van der Waals surface area contributed by atoms with Crippen molar-refractivity contribution in [2.45, 2.75) is 114 Å². The van der Waals surface area contributed by atoms with Crippen molar-refractivity contribution in [3.63, 3.8) is 0 Å². The molecule has 1 aliphatic carbocycles. The summed E-state index contributed by atoms with van der Waals surface area (Å²) in [7, 11) is 0. The number of aliphatic hydroxyl groups is 1. The fourth-order valence-corrected chi connectivity index (χ4v) is 10.1. The molecule has 1 heterocycles. The first-order valence-electron chi connectivity index (χ1n) is 27.3. The van der Waals surface area contributed by atoms with Gasteiger partial charge in [0, 0.05) is 0 Å². The molecule has 10 rings (SSSR count). The first-order valence-corrected chi connectivity index (χ1v) is 27.3. The molecular formula is C68H68O12. The maximum atomic E-state index is 14.7. The quantitative estimate of drug-likeness (QED) is 0.0518. The summed E-state index contributed by atoms with van der Waals surface area (Å²) < 4.78 is 69.8. The Morgan fingerprint density at radius 2 is 0.625 bits per heavy atom. The van der Waals surface area contributed by atoms with Crippen LogP contribution in [0.4, 0.5) is 0 Å². The van der Waals surface area contributed by atoms with Crippen molar-refractivity contribution < 1.29 is 57.3 Å². The molecule has 0 radical (unpaired) electrons. The molecule has 11 atom stereocenters. The number of carbonyl (C=O) groups is 1. The van der Waals surface area contributed by atoms with Gasteiger partial charge in [0.15, 0.2) is 12.4 Å². The van der Waals surface area contributed by atoms with E-state index in [1.54, 1.807) is 24.3 Å². The number of aliphatic hydroxyl groups excluding tert-OH is 1. The highest BCUT2D eigenvalue weighted by molar-refractivity contribution is 5.89. The van der Waals surface area contributed by atoms with Gasteiger partial charge in [0.1, 0.15) is 54.9 Å². The van der Waals surface area contributed by atoms with E-state index < -0.39 is 73.3 Å². The minimum absolute atomic E-state index is 0.0200. The number of hydrogen-bond acceptors (Lipinski definition) is 12. The highest BCUT2D eigenvalue weighted by Crippen LogP contribution is 2.39. The van der Waals surface area contributed by atoms with Crippen molar-refractivity contribution >= 4 is 5.97 Å². The highest BCUT2D eigenvalue weighted by atomic mass is 16.7. The van der Waals surface area contributed by atoms with Gasteiger partial charge in [0.05, 0.1) is 58.4 Å². The summed E-state index contributed by atoms with van der Waals surface area (Å²) in [5.41, 5.74) is 6.59. The third-order valence-electron chi connectivity index (χ3n) is 14.2. The fourth-order valence-electron chi connectivity index (χ4n) is 10.1. The van der Waals surface area contributed by atoms with Crippen LogP contribution in [0.15, 0.2) is 243 Å². The van der Waals surface area contributed by atoms with Gasteiger partial charge in [-0.15, -0.1) is 0 Å². The minimum atomic E-state index is -1.43. The van der Waals surface area contributed by atoms with Gasteiger partial charge in [-0.05, 0) is 51.1 Å². The van der Waals surface area contributed by atoms with Gasteiger partial charge in [-0.1, -0.05) is 231 Å². The second-order valence-corrected chi connectivity index (χ2v) is 19.9. The number of benzene rings is 8. The Kier molecular flexibility index (Phi) is 20.6. The summed E-state index contributed by atoms with van der Waals surface area (Å²) in [5, 5.41) is 13.1. The predicted molar refractivity (Wildman–Crippen MR) is 301 cm³/mol. The van der Waals surface area contributed by atoms with Crippen molar-refractivity contribution in [1.29, 1.82) is 0 Å². The molecule has 12 heteroatoms. The predicted octanol–water partition coefficient (Wildman–Crippen LogP) is 11.4. The molecule has 2 aliphatic rings. The number of rotatable bonds is 26. The molecule has 1 saturated heterocycles. The van der Waals surface area contributed by atoms with Gasteiger partial charge in [0.25, 0.3) is 0 Å². The molecule has 80 heavy (non-hydrogen) atoms. The van der Waals surface area contributed by atoms with Crippen LogP contribution in [0.3, 0.4) is 0 Å². The van der Waals surface area contributed by atoms with Crippen molar-refractivity contribution in [3.8, 4) is 0 Å². The SMILES string of the molecule is O=C(O[C@@H]1[C@@H](O[C@@H]2[C@@H](OCc3ccccc3)[C@H](OCc3ccccc3)[C@@H](OCc3ccccc3)[C@@H](O)[C@H]2OCc2ccccc2)O[C@H](COCc2ccccc2)[C@@H](OCc2ccccc2)[C@@H]1OCc1ccccc1)c1ccccc1. The van der Waals surface area contributed by atoms with E-state index in [-0.39, 0.29) is 52.9 Å². The van der Waals surface area contributed by atoms with Gasteiger partial charge in [0.2, 0.25) is 0 Å². The molecule has 1 saturated carbocycles. The Bertz CT molecular complexity index is 3000. The highest BCUT2D eigenvalue weighted by Gasteiger charge is 2.58. The summed E-state index contributed by atoms with van der Waals surface area (Å²) >= 11 is 0. The zero-order chi connectivity index (χ0) is 54.6. The monoisotopic (exact) mass is 1080 g/mol. The normalized spacial score (nSPS) is 23.7. The lowest BCUT2D eigenvalue weighted by atomic mass is 9.83. The van der Waals surface area contributed by atoms with E-state index in [9.17, 15) is 9.90 Å². The van der Waals surface area contributed by atoms with Crippen molar-refractivity contribution in [2.75, 3.05) is 6.61 Å². The van der Waals surface area contributed by atoms with E-state index in [2.05, 4.69) is 0 Å². The van der Waals surface area contributed by atoms with Crippen LogP contribution in [0.2, 0.25) is 0 Å². The molecule has 2 fully saturated rings. The van der Waals surface area contributed by atoms with Crippen LogP contribution in [-0.2, 0) is 93.6 Å². The number of hydrogen-bond donors (Lipinski definition) is 1. The van der Waals surface area contributed by atoms with Crippen LogP contribution >= 0.6 is 0 Å². The van der Waals surface area contributed by atoms with Gasteiger partial charge >= 0.3 is 5.97 Å². The van der Waals surface area contributed by atoms with Gasteiger partial charge in [-0.2, -0.15) is 0 Å². The van der Waals surface area contributed by atoms with E-state index in [1.807, 2.05) is 218 Å². The number of ether oxygens (including phenoxy) is 10. The molecule has 12 nitrogen and oxygen atoms in total. The van der Waals surface area contributed by atoms with Crippen LogP contribution in [-0.4, -0.2) is 85.0 Å². The van der Waals surface area contributed by atoms with Crippen LogP contribution in [0.1, 0.15) is 49.3 Å². The molecule has 0 amide bonds. The first-order chi connectivity index (χ1) is 39.5. The maximum Gasteiger partial charge on any atom is 0.338 e. The Morgan fingerprint density at radius 1 is 0.338 bits per heavy atom. The second-order valence-electron chi connectivity index (χ2n) is 19.9. The van der Waals surface area contributed by atoms with Crippen molar-refractivity contribution in [2.24, 2.45) is 0 Å². The molecule has 412 valence electrons. The van der Waals surface area contributed by atoms with E-state index in [1.165, 1.54) is 0 Å². The third kappa shape index (κ3) is 15.6. The molecule has 0 spiro atoms. The van der Waals surface area contributed by atoms with Gasteiger partial charge in [-0.3, -0.25) is 0 Å². The summed E-state index contributed by atoms with van der Waals surface area (Å²) in [4.78, 5) is 14.7. The molecule has 1 aliphatic heterocycles. The van der Waals surface area contributed by atoms with Crippen molar-refractivity contribution in [3.05, 3.63) is 287 Å². The Labute approximate surface area is 468 Å². The second kappa shape index (κ2) is 29.3. The fraction of sp³-hybridized carbons (Fsp3) is 0.279. The summed E-state index contributed by atoms with van der Waals surface area (Å²) in [6.07, 6.45) is -12.3. The molecule has 8 aromatic rings. The topological polar surface area (TPSA) is 130 Å². The Morgan fingerprint density at radius 3 is 1.00 bits per heavy atom. The number of esters is 1. The Hall–Kier alpha value is -7.17. The average Bonchev–Trinajstić information content (AvgIpc) is 3.56. The lowest BCUT2D eigenvalue weighted by molar-refractivity contribution is -0.357. The Balaban J connectivity index is 1.09. The molecular weight excluding hydrogens is 1010 g/mol. The molecule has 1 N–H and O–H groups in total. The van der Waals surface area contributed by atoms with E-state index in [0.29, 0.717) is 5.56 Å². The summed E-state index contributed by atoms with van der Waals surface area (Å²) in [5.74, 6) is -0.641. The van der Waals surface area contributed by atoms with Gasteiger partial charge in [-0.25, -0.2) is 4.79 Å². The molecule has 0 unspecified atom stereocenters. The molecule has 0 aromatic heterocycles. The molecule has 0 bridgehead atoms. The lowest BCUT2D eigenvalue weighted by Crippen LogP contribution is -2.69. The van der Waals surface area contributed by atoms with Crippen molar-refractivity contribution in [1.82, 2.24) is 0 Å². The van der Waals surface area contributed by atoms with Crippen LogP contribution in [0.25, 0.3) is 0 Å². The average molecular weight is 1080 g/mol. The smallest absolute Gasteiger partial charge is 0.338 e. The van der Waals surface area contributed by atoms with Crippen LogP contribution < -0.4 is 0 Å². The summed E-state index contributed by atoms with van der Waals surface area (Å²) in [6.45, 7) is 1.07. The third-order valence-corrected chi connectivity index (χ3v) is 14.2. The minimum Gasteiger partial charge on any atom is -0.450 e. The van der Waals surface area contributed by atoms with Gasteiger partial charge < -0.3 is 52.5 Å². The zero-order valence-electron chi connectivity index (χ0n) is 44.5. The maximum absolute atomic E-state index is 14.7. The lowest BCUT2D eigenvalue weighted by Gasteiger charge is -2.51. The van der Waals surface area contributed by atoms with E-state index in [4.69, 9.17) is 47.4 Å². The summed E-state index contributed by atoms with van der Waals surface area (Å²) in [6, 6.07) is 77.3. The van der Waals surface area contributed by atoms with E-state index in [0.717, 1.165) is 38.9 Å². The molecule has 8 aromatic carbocycles.